The van der Waals surface area contributed by atoms with Crippen molar-refractivity contribution in [1.29, 1.82) is 0 Å². The molecular formula is C9H17N3O2S. The van der Waals surface area contributed by atoms with Gasteiger partial charge in [-0.2, -0.15) is 9.40 Å². The van der Waals surface area contributed by atoms with E-state index in [0.717, 1.165) is 12.8 Å². The van der Waals surface area contributed by atoms with Crippen LogP contribution in [-0.4, -0.2) is 36.0 Å². The lowest BCUT2D eigenvalue weighted by molar-refractivity contribution is 0.367. The number of sulfonamides is 1. The first-order chi connectivity index (χ1) is 7.00. The molecule has 0 aliphatic heterocycles. The third kappa shape index (κ3) is 2.57. The number of aromatic nitrogens is 2. The Balaban J connectivity index is 2.88. The predicted octanol–water partition coefficient (Wildman–Crippen LogP) is 1.22. The third-order valence-electron chi connectivity index (χ3n) is 2.46. The maximum atomic E-state index is 12.0. The van der Waals surface area contributed by atoms with E-state index in [1.54, 1.807) is 7.05 Å². The summed E-state index contributed by atoms with van der Waals surface area (Å²) in [5, 5.41) is 6.27. The molecule has 86 valence electrons. The van der Waals surface area contributed by atoms with Crippen molar-refractivity contribution < 1.29 is 8.42 Å². The molecule has 0 radical (unpaired) electrons. The molecule has 15 heavy (non-hydrogen) atoms. The van der Waals surface area contributed by atoms with E-state index in [9.17, 15) is 8.42 Å². The topological polar surface area (TPSA) is 66.1 Å². The lowest BCUT2D eigenvalue weighted by Crippen LogP contribution is -2.35. The zero-order valence-electron chi connectivity index (χ0n) is 9.27. The largest absolute Gasteiger partial charge is 0.266 e. The van der Waals surface area contributed by atoms with Crippen LogP contribution in [0.3, 0.4) is 0 Å². The molecule has 6 heteroatoms. The summed E-state index contributed by atoms with van der Waals surface area (Å²) in [5.41, 5.74) is 0. The first-order valence-electron chi connectivity index (χ1n) is 4.97. The van der Waals surface area contributed by atoms with Gasteiger partial charge in [0, 0.05) is 13.1 Å². The van der Waals surface area contributed by atoms with Crippen LogP contribution < -0.4 is 0 Å². The fraction of sp³-hybridized carbons (Fsp3) is 0.667. The fourth-order valence-corrected chi connectivity index (χ4v) is 2.67. The van der Waals surface area contributed by atoms with Crippen LogP contribution in [0.1, 0.15) is 26.7 Å². The monoisotopic (exact) mass is 231 g/mol. The van der Waals surface area contributed by atoms with Gasteiger partial charge in [0.15, 0.2) is 5.03 Å². The molecule has 1 heterocycles. The minimum atomic E-state index is -3.40. The number of hydrogen-bond donors (Lipinski definition) is 1. The summed E-state index contributed by atoms with van der Waals surface area (Å²) in [6, 6.07) is 1.47. The molecule has 1 atom stereocenters. The standard InChI is InChI=1S/C9H17N3O2S/c1-4-5-8(2)12(3)15(13,14)9-6-7-10-11-9/h6-8H,4-5H2,1-3H3,(H,10,11). The molecule has 0 saturated heterocycles. The Morgan fingerprint density at radius 3 is 2.73 bits per heavy atom. The Morgan fingerprint density at radius 2 is 2.27 bits per heavy atom. The SMILES string of the molecule is CCCC(C)N(C)S(=O)(=O)c1ccn[nH]1. The number of nitrogens with zero attached hydrogens (tertiary/aromatic N) is 2. The summed E-state index contributed by atoms with van der Waals surface area (Å²) in [6.07, 6.45) is 3.25. The quantitative estimate of drug-likeness (QED) is 0.828. The van der Waals surface area contributed by atoms with Crippen LogP contribution >= 0.6 is 0 Å². The van der Waals surface area contributed by atoms with Gasteiger partial charge in [-0.15, -0.1) is 0 Å². The Kier molecular flexibility index (Phi) is 3.87. The second-order valence-corrected chi connectivity index (χ2v) is 5.55. The normalized spacial score (nSPS) is 14.4. The molecule has 1 aromatic heterocycles. The average molecular weight is 231 g/mol. The van der Waals surface area contributed by atoms with Crippen molar-refractivity contribution in [3.63, 3.8) is 0 Å². The Labute approximate surface area is 90.5 Å². The zero-order chi connectivity index (χ0) is 11.5. The smallest absolute Gasteiger partial charge is 0.259 e. The first-order valence-corrected chi connectivity index (χ1v) is 6.41. The zero-order valence-corrected chi connectivity index (χ0v) is 10.1. The van der Waals surface area contributed by atoms with Crippen molar-refractivity contribution in [2.45, 2.75) is 37.8 Å². The van der Waals surface area contributed by atoms with E-state index in [2.05, 4.69) is 10.2 Å². The van der Waals surface area contributed by atoms with Gasteiger partial charge in [-0.05, 0) is 19.4 Å². The number of nitrogens with one attached hydrogen (secondary N) is 1. The van der Waals surface area contributed by atoms with Gasteiger partial charge >= 0.3 is 0 Å². The van der Waals surface area contributed by atoms with Crippen LogP contribution in [0.15, 0.2) is 17.3 Å². The second kappa shape index (κ2) is 4.76. The molecule has 1 unspecified atom stereocenters. The van der Waals surface area contributed by atoms with Crippen molar-refractivity contribution in [3.05, 3.63) is 12.3 Å². The molecule has 0 spiro atoms. The van der Waals surface area contributed by atoms with Crippen molar-refractivity contribution >= 4 is 10.0 Å². The lowest BCUT2D eigenvalue weighted by atomic mass is 10.2. The molecule has 5 nitrogen and oxygen atoms in total. The summed E-state index contributed by atoms with van der Waals surface area (Å²) >= 11 is 0. The summed E-state index contributed by atoms with van der Waals surface area (Å²) < 4.78 is 25.3. The molecule has 1 aromatic rings. The first kappa shape index (κ1) is 12.2. The van der Waals surface area contributed by atoms with Gasteiger partial charge < -0.3 is 0 Å². The van der Waals surface area contributed by atoms with E-state index >= 15 is 0 Å². The predicted molar refractivity (Wildman–Crippen MR) is 57.9 cm³/mol. The molecule has 0 bridgehead atoms. The van der Waals surface area contributed by atoms with Crippen LogP contribution in [0, 0.1) is 0 Å². The average Bonchev–Trinajstić information content (AvgIpc) is 2.70. The summed E-state index contributed by atoms with van der Waals surface area (Å²) in [5.74, 6) is 0. The van der Waals surface area contributed by atoms with Crippen LogP contribution in [0.2, 0.25) is 0 Å². The molecule has 0 aliphatic rings. The molecule has 1 rings (SSSR count). The molecule has 0 fully saturated rings. The van der Waals surface area contributed by atoms with Crippen LogP contribution in [0.4, 0.5) is 0 Å². The van der Waals surface area contributed by atoms with Crippen LogP contribution in [0.25, 0.3) is 0 Å². The van der Waals surface area contributed by atoms with Crippen molar-refractivity contribution in [2.24, 2.45) is 0 Å². The molecular weight excluding hydrogens is 214 g/mol. The molecule has 0 amide bonds. The van der Waals surface area contributed by atoms with E-state index < -0.39 is 10.0 Å². The van der Waals surface area contributed by atoms with Gasteiger partial charge in [0.05, 0.1) is 6.20 Å². The molecule has 1 N–H and O–H groups in total. The highest BCUT2D eigenvalue weighted by Crippen LogP contribution is 2.15. The summed E-state index contributed by atoms with van der Waals surface area (Å²) in [4.78, 5) is 0. The number of rotatable bonds is 5. The van der Waals surface area contributed by atoms with Gasteiger partial charge in [0.1, 0.15) is 0 Å². The van der Waals surface area contributed by atoms with E-state index in [0.29, 0.717) is 0 Å². The summed E-state index contributed by atoms with van der Waals surface area (Å²) in [6.45, 7) is 3.94. The van der Waals surface area contributed by atoms with E-state index in [4.69, 9.17) is 0 Å². The molecule has 0 saturated carbocycles. The molecule has 0 aliphatic carbocycles. The van der Waals surface area contributed by atoms with Gasteiger partial charge in [-0.1, -0.05) is 13.3 Å². The Hall–Kier alpha value is -0.880. The van der Waals surface area contributed by atoms with E-state index in [1.807, 2.05) is 13.8 Å². The highest BCUT2D eigenvalue weighted by molar-refractivity contribution is 7.89. The second-order valence-electron chi connectivity index (χ2n) is 3.58. The summed E-state index contributed by atoms with van der Waals surface area (Å²) in [7, 11) is -1.81. The highest BCUT2D eigenvalue weighted by Gasteiger charge is 2.25. The number of aromatic amines is 1. The highest BCUT2D eigenvalue weighted by atomic mass is 32.2. The van der Waals surface area contributed by atoms with Gasteiger partial charge in [-0.25, -0.2) is 8.42 Å². The lowest BCUT2D eigenvalue weighted by Gasteiger charge is -2.22. The Morgan fingerprint density at radius 1 is 1.60 bits per heavy atom. The minimum absolute atomic E-state index is 0.00306. The van der Waals surface area contributed by atoms with Crippen LogP contribution in [0.5, 0.6) is 0 Å². The maximum absolute atomic E-state index is 12.0. The number of H-pyrrole nitrogens is 1. The van der Waals surface area contributed by atoms with Crippen LogP contribution in [-0.2, 0) is 10.0 Å². The maximum Gasteiger partial charge on any atom is 0.259 e. The van der Waals surface area contributed by atoms with Gasteiger partial charge in [0.25, 0.3) is 10.0 Å². The van der Waals surface area contributed by atoms with Gasteiger partial charge in [-0.3, -0.25) is 5.10 Å². The van der Waals surface area contributed by atoms with E-state index in [1.165, 1.54) is 16.6 Å². The van der Waals surface area contributed by atoms with E-state index in [-0.39, 0.29) is 11.1 Å². The fourth-order valence-electron chi connectivity index (χ4n) is 1.38. The van der Waals surface area contributed by atoms with Gasteiger partial charge in [0.2, 0.25) is 0 Å². The van der Waals surface area contributed by atoms with Crippen molar-refractivity contribution in [1.82, 2.24) is 14.5 Å². The molecule has 0 aromatic carbocycles. The minimum Gasteiger partial charge on any atom is -0.266 e. The Bertz CT molecular complexity index is 385. The number of hydrogen-bond acceptors (Lipinski definition) is 3. The third-order valence-corrected chi connectivity index (χ3v) is 4.36. The van der Waals surface area contributed by atoms with Crippen molar-refractivity contribution in [3.8, 4) is 0 Å². The van der Waals surface area contributed by atoms with Crippen molar-refractivity contribution in [2.75, 3.05) is 7.05 Å².